The average molecular weight is 260 g/mol. The highest BCUT2D eigenvalue weighted by molar-refractivity contribution is 5.36. The first kappa shape index (κ1) is 14.5. The fourth-order valence-corrected chi connectivity index (χ4v) is 3.49. The maximum Gasteiger partial charge on any atom is 0.0481 e. The van der Waals surface area contributed by atoms with Gasteiger partial charge in [0.25, 0.3) is 0 Å². The van der Waals surface area contributed by atoms with Crippen molar-refractivity contribution >= 4 is 0 Å². The van der Waals surface area contributed by atoms with Gasteiger partial charge in [-0.1, -0.05) is 45.0 Å². The van der Waals surface area contributed by atoms with Crippen molar-refractivity contribution in [2.75, 3.05) is 20.1 Å². The van der Waals surface area contributed by atoms with Crippen LogP contribution in [0.2, 0.25) is 0 Å². The summed E-state index contributed by atoms with van der Waals surface area (Å²) in [5.74, 6) is 0.662. The Labute approximate surface area is 118 Å². The summed E-state index contributed by atoms with van der Waals surface area (Å²) in [6.07, 6.45) is 2.48. The van der Waals surface area contributed by atoms with Crippen LogP contribution in [0.1, 0.15) is 56.7 Å². The molecule has 1 aromatic rings. The van der Waals surface area contributed by atoms with Gasteiger partial charge in [-0.25, -0.2) is 0 Å². The summed E-state index contributed by atoms with van der Waals surface area (Å²) in [7, 11) is 2.28. The molecule has 0 bridgehead atoms. The Balaban J connectivity index is 2.31. The molecule has 0 radical (unpaired) electrons. The van der Waals surface area contributed by atoms with Gasteiger partial charge in [-0.2, -0.15) is 0 Å². The van der Waals surface area contributed by atoms with E-state index >= 15 is 0 Å². The van der Waals surface area contributed by atoms with Gasteiger partial charge >= 0.3 is 0 Å². The van der Waals surface area contributed by atoms with E-state index in [-0.39, 0.29) is 0 Å². The summed E-state index contributed by atoms with van der Waals surface area (Å²) in [6.45, 7) is 9.05. The first-order valence-corrected chi connectivity index (χ1v) is 7.71. The summed E-state index contributed by atoms with van der Waals surface area (Å²) in [6, 6.07) is 10.1. The van der Waals surface area contributed by atoms with Gasteiger partial charge in [-0.15, -0.1) is 0 Å². The molecule has 0 saturated heterocycles. The number of nitrogens with zero attached hydrogens (tertiary/aromatic N) is 1. The van der Waals surface area contributed by atoms with E-state index in [2.05, 4.69) is 62.3 Å². The van der Waals surface area contributed by atoms with Crippen LogP contribution in [0, 0.1) is 0 Å². The summed E-state index contributed by atoms with van der Waals surface area (Å²) < 4.78 is 0. The monoisotopic (exact) mass is 260 g/mol. The largest absolute Gasteiger partial charge is 0.309 e. The van der Waals surface area contributed by atoms with Crippen LogP contribution in [0.5, 0.6) is 0 Å². The number of nitrogens with one attached hydrogen (secondary N) is 1. The van der Waals surface area contributed by atoms with E-state index in [9.17, 15) is 0 Å². The third-order valence-corrected chi connectivity index (χ3v) is 4.41. The van der Waals surface area contributed by atoms with Crippen molar-refractivity contribution in [1.82, 2.24) is 10.2 Å². The van der Waals surface area contributed by atoms with Gasteiger partial charge in [0.2, 0.25) is 0 Å². The molecule has 2 heteroatoms. The average Bonchev–Trinajstić information content (AvgIpc) is 2.42. The molecular formula is C17H28N2. The molecule has 0 aliphatic heterocycles. The third-order valence-electron chi connectivity index (χ3n) is 4.41. The number of hydrogen-bond acceptors (Lipinski definition) is 2. The molecule has 19 heavy (non-hydrogen) atoms. The van der Waals surface area contributed by atoms with E-state index in [1.165, 1.54) is 30.5 Å². The van der Waals surface area contributed by atoms with Gasteiger partial charge < -0.3 is 10.2 Å². The lowest BCUT2D eigenvalue weighted by atomic mass is 9.77. The number of likely N-dealkylation sites (N-methyl/N-ethyl adjacent to an activating group) is 2. The van der Waals surface area contributed by atoms with Gasteiger partial charge in [-0.3, -0.25) is 0 Å². The fraction of sp³-hybridized carbons (Fsp3) is 0.647. The zero-order chi connectivity index (χ0) is 13.8. The molecule has 0 heterocycles. The number of hydrogen-bond donors (Lipinski definition) is 1. The molecule has 3 unspecified atom stereocenters. The molecule has 1 aromatic carbocycles. The minimum Gasteiger partial charge on any atom is -0.309 e. The van der Waals surface area contributed by atoms with Gasteiger partial charge in [0.05, 0.1) is 0 Å². The second kappa shape index (κ2) is 6.53. The summed E-state index contributed by atoms with van der Waals surface area (Å²) in [4.78, 5) is 2.54. The van der Waals surface area contributed by atoms with E-state index in [0.29, 0.717) is 18.0 Å². The molecule has 0 fully saturated rings. The first-order valence-electron chi connectivity index (χ1n) is 7.71. The Bertz CT molecular complexity index is 402. The molecule has 2 rings (SSSR count). The minimum atomic E-state index is 0.481. The highest BCUT2D eigenvalue weighted by atomic mass is 15.2. The van der Waals surface area contributed by atoms with E-state index in [0.717, 1.165) is 6.54 Å². The van der Waals surface area contributed by atoms with Crippen LogP contribution in [0.3, 0.4) is 0 Å². The predicted molar refractivity (Wildman–Crippen MR) is 82.6 cm³/mol. The van der Waals surface area contributed by atoms with Crippen LogP contribution in [-0.2, 0) is 0 Å². The maximum absolute atomic E-state index is 3.71. The van der Waals surface area contributed by atoms with Gasteiger partial charge in [0.1, 0.15) is 0 Å². The van der Waals surface area contributed by atoms with Crippen LogP contribution < -0.4 is 5.32 Å². The summed E-state index contributed by atoms with van der Waals surface area (Å²) in [5, 5.41) is 3.71. The van der Waals surface area contributed by atoms with E-state index < -0.39 is 0 Å². The van der Waals surface area contributed by atoms with Gasteiger partial charge in [0.15, 0.2) is 0 Å². The maximum atomic E-state index is 3.71. The van der Waals surface area contributed by atoms with Crippen LogP contribution in [-0.4, -0.2) is 31.1 Å². The van der Waals surface area contributed by atoms with Gasteiger partial charge in [0, 0.05) is 12.1 Å². The second-order valence-electron chi connectivity index (χ2n) is 5.85. The normalized spacial score (nSPS) is 26.5. The van der Waals surface area contributed by atoms with Crippen molar-refractivity contribution in [2.45, 2.75) is 51.6 Å². The molecule has 0 amide bonds. The molecule has 1 aliphatic rings. The van der Waals surface area contributed by atoms with E-state index in [1.807, 2.05) is 0 Å². The molecular weight excluding hydrogens is 232 g/mol. The van der Waals surface area contributed by atoms with Crippen molar-refractivity contribution in [1.29, 1.82) is 0 Å². The number of benzene rings is 1. The highest BCUT2D eigenvalue weighted by Gasteiger charge is 2.34. The fourth-order valence-electron chi connectivity index (χ4n) is 3.49. The van der Waals surface area contributed by atoms with Crippen molar-refractivity contribution in [3.05, 3.63) is 35.4 Å². The standard InChI is InChI=1S/C17H28N2/c1-5-11-19(4)16-12-13(3)14-9-7-8-10-15(14)17(16)18-6-2/h7-10,13,16-18H,5-6,11-12H2,1-4H3. The number of rotatable bonds is 5. The zero-order valence-corrected chi connectivity index (χ0v) is 12.8. The van der Waals surface area contributed by atoms with Crippen LogP contribution in [0.15, 0.2) is 24.3 Å². The first-order chi connectivity index (χ1) is 9.19. The topological polar surface area (TPSA) is 15.3 Å². The number of fused-ring (bicyclic) bond motifs is 1. The lowest BCUT2D eigenvalue weighted by Crippen LogP contribution is -2.46. The SMILES string of the molecule is CCCN(C)C1CC(C)c2ccccc2C1NCC. The predicted octanol–water partition coefficient (Wildman–Crippen LogP) is 3.55. The lowest BCUT2D eigenvalue weighted by molar-refractivity contribution is 0.165. The second-order valence-corrected chi connectivity index (χ2v) is 5.85. The van der Waals surface area contributed by atoms with Crippen LogP contribution >= 0.6 is 0 Å². The Morgan fingerprint density at radius 1 is 1.21 bits per heavy atom. The molecule has 0 saturated carbocycles. The Kier molecular flexibility index (Phi) is 5.00. The lowest BCUT2D eigenvalue weighted by Gasteiger charge is -2.42. The molecule has 106 valence electrons. The molecule has 2 nitrogen and oxygen atoms in total. The summed E-state index contributed by atoms with van der Waals surface area (Å²) >= 11 is 0. The van der Waals surface area contributed by atoms with Crippen molar-refractivity contribution in [2.24, 2.45) is 0 Å². The van der Waals surface area contributed by atoms with Crippen molar-refractivity contribution in [3.8, 4) is 0 Å². The van der Waals surface area contributed by atoms with Crippen LogP contribution in [0.25, 0.3) is 0 Å². The Morgan fingerprint density at radius 2 is 1.89 bits per heavy atom. The highest BCUT2D eigenvalue weighted by Crippen LogP contribution is 2.39. The minimum absolute atomic E-state index is 0.481. The quantitative estimate of drug-likeness (QED) is 0.871. The molecule has 0 spiro atoms. The molecule has 3 atom stereocenters. The Hall–Kier alpha value is -0.860. The van der Waals surface area contributed by atoms with Crippen LogP contribution in [0.4, 0.5) is 0 Å². The van der Waals surface area contributed by atoms with E-state index in [1.54, 1.807) is 0 Å². The molecule has 1 aliphatic carbocycles. The smallest absolute Gasteiger partial charge is 0.0481 e. The summed E-state index contributed by atoms with van der Waals surface area (Å²) in [5.41, 5.74) is 3.05. The zero-order valence-electron chi connectivity index (χ0n) is 12.8. The third kappa shape index (κ3) is 3.01. The van der Waals surface area contributed by atoms with Crippen molar-refractivity contribution < 1.29 is 0 Å². The Morgan fingerprint density at radius 3 is 2.53 bits per heavy atom. The molecule has 0 aromatic heterocycles. The molecule has 1 N–H and O–H groups in total. The van der Waals surface area contributed by atoms with E-state index in [4.69, 9.17) is 0 Å². The van der Waals surface area contributed by atoms with Crippen molar-refractivity contribution in [3.63, 3.8) is 0 Å². The van der Waals surface area contributed by atoms with Gasteiger partial charge in [-0.05, 0) is 50.0 Å².